The Balaban J connectivity index is 0.00000484. The summed E-state index contributed by atoms with van der Waals surface area (Å²) < 4.78 is 25.2. The normalized spacial score (nSPS) is 12.7. The molecule has 0 fully saturated rings. The van der Waals surface area contributed by atoms with Crippen molar-refractivity contribution in [2.24, 2.45) is 12.0 Å². The number of aryl methyl sites for hydroxylation is 1. The molecular weight excluding hydrogens is 429 g/mol. The van der Waals surface area contributed by atoms with Crippen LogP contribution in [0.3, 0.4) is 0 Å². The van der Waals surface area contributed by atoms with Crippen molar-refractivity contribution in [3.8, 4) is 0 Å². The second-order valence-electron chi connectivity index (χ2n) is 6.28. The largest absolute Gasteiger partial charge is 0.355 e. The number of guanidine groups is 1. The molecule has 1 heterocycles. The van der Waals surface area contributed by atoms with Crippen LogP contribution < -0.4 is 5.32 Å². The highest BCUT2D eigenvalue weighted by Crippen LogP contribution is 2.15. The van der Waals surface area contributed by atoms with Gasteiger partial charge < -0.3 is 10.2 Å². The molecule has 0 unspecified atom stereocenters. The van der Waals surface area contributed by atoms with Gasteiger partial charge in [-0.25, -0.2) is 8.42 Å². The molecular formula is C14H28IN5O2S. The summed E-state index contributed by atoms with van der Waals surface area (Å²) in [6, 6.07) is 0. The first-order chi connectivity index (χ1) is 10.1. The molecule has 1 rings (SSSR count). The fourth-order valence-corrected chi connectivity index (χ4v) is 2.87. The molecule has 0 amide bonds. The van der Waals surface area contributed by atoms with Gasteiger partial charge in [-0.15, -0.1) is 24.0 Å². The topological polar surface area (TPSA) is 79.6 Å². The zero-order chi connectivity index (χ0) is 17.0. The fourth-order valence-electron chi connectivity index (χ4n) is 1.89. The SMILES string of the molecule is CN=C(NCCS(=O)(=O)C(C)(C)C)N(C)Cc1cnn(C)c1.I. The molecule has 9 heteroatoms. The van der Waals surface area contributed by atoms with Crippen molar-refractivity contribution < 1.29 is 8.42 Å². The monoisotopic (exact) mass is 457 g/mol. The number of hydrogen-bond donors (Lipinski definition) is 1. The molecule has 0 saturated heterocycles. The van der Waals surface area contributed by atoms with Crippen LogP contribution in [0.4, 0.5) is 0 Å². The van der Waals surface area contributed by atoms with Gasteiger partial charge in [-0.2, -0.15) is 5.10 Å². The zero-order valence-corrected chi connectivity index (χ0v) is 17.8. The Kier molecular flexibility index (Phi) is 8.53. The number of sulfone groups is 1. The van der Waals surface area contributed by atoms with Crippen LogP contribution in [-0.2, 0) is 23.4 Å². The number of nitrogens with zero attached hydrogens (tertiary/aromatic N) is 4. The van der Waals surface area contributed by atoms with Gasteiger partial charge >= 0.3 is 0 Å². The van der Waals surface area contributed by atoms with Gasteiger partial charge in [0.25, 0.3) is 0 Å². The Morgan fingerprint density at radius 2 is 2.04 bits per heavy atom. The molecule has 0 aliphatic carbocycles. The van der Waals surface area contributed by atoms with E-state index in [1.165, 1.54) is 0 Å². The third-order valence-electron chi connectivity index (χ3n) is 3.34. The molecule has 0 saturated carbocycles. The second-order valence-corrected chi connectivity index (χ2v) is 9.15. The number of halogens is 1. The maximum atomic E-state index is 12.1. The first-order valence-corrected chi connectivity index (χ1v) is 8.83. The van der Waals surface area contributed by atoms with Gasteiger partial charge in [0, 0.05) is 46.0 Å². The highest BCUT2D eigenvalue weighted by atomic mass is 127. The Morgan fingerprint density at radius 3 is 2.48 bits per heavy atom. The summed E-state index contributed by atoms with van der Waals surface area (Å²) in [5.74, 6) is 0.740. The lowest BCUT2D eigenvalue weighted by atomic mass is 10.3. The van der Waals surface area contributed by atoms with E-state index in [4.69, 9.17) is 0 Å². The summed E-state index contributed by atoms with van der Waals surface area (Å²) in [5.41, 5.74) is 1.07. The average molecular weight is 457 g/mol. The van der Waals surface area contributed by atoms with E-state index in [2.05, 4.69) is 15.4 Å². The Bertz CT molecular complexity index is 619. The lowest BCUT2D eigenvalue weighted by Crippen LogP contribution is -2.42. The van der Waals surface area contributed by atoms with Crippen molar-refractivity contribution in [1.82, 2.24) is 20.0 Å². The van der Waals surface area contributed by atoms with E-state index in [0.29, 0.717) is 19.0 Å². The van der Waals surface area contributed by atoms with Crippen LogP contribution in [0.25, 0.3) is 0 Å². The van der Waals surface area contributed by atoms with Crippen LogP contribution in [0.5, 0.6) is 0 Å². The number of aliphatic imine (C=N–C) groups is 1. The minimum absolute atomic E-state index is 0. The fraction of sp³-hybridized carbons (Fsp3) is 0.714. The minimum Gasteiger partial charge on any atom is -0.355 e. The maximum Gasteiger partial charge on any atom is 0.193 e. The zero-order valence-electron chi connectivity index (χ0n) is 14.7. The third-order valence-corrected chi connectivity index (χ3v) is 5.95. The van der Waals surface area contributed by atoms with E-state index in [1.807, 2.05) is 25.2 Å². The maximum absolute atomic E-state index is 12.1. The van der Waals surface area contributed by atoms with E-state index >= 15 is 0 Å². The Labute approximate surface area is 156 Å². The molecule has 0 spiro atoms. The molecule has 0 atom stereocenters. The standard InChI is InChI=1S/C14H27N5O2S.HI/c1-14(2,3)22(20,21)8-7-16-13(15-4)18(5)10-12-9-17-19(6)11-12;/h9,11H,7-8,10H2,1-6H3,(H,15,16);1H. The Morgan fingerprint density at radius 1 is 1.43 bits per heavy atom. The molecule has 134 valence electrons. The van der Waals surface area contributed by atoms with Crippen LogP contribution in [0.15, 0.2) is 17.4 Å². The van der Waals surface area contributed by atoms with Gasteiger partial charge in [0.1, 0.15) is 0 Å². The summed E-state index contributed by atoms with van der Waals surface area (Å²) >= 11 is 0. The molecule has 0 aliphatic heterocycles. The van der Waals surface area contributed by atoms with Crippen molar-refractivity contribution in [3.05, 3.63) is 18.0 Å². The summed E-state index contributed by atoms with van der Waals surface area (Å²) in [6.45, 7) is 6.13. The van der Waals surface area contributed by atoms with Crippen LogP contribution >= 0.6 is 24.0 Å². The summed E-state index contributed by atoms with van der Waals surface area (Å²) in [7, 11) is 2.32. The summed E-state index contributed by atoms with van der Waals surface area (Å²) in [4.78, 5) is 6.11. The average Bonchev–Trinajstić information content (AvgIpc) is 2.78. The highest BCUT2D eigenvalue weighted by molar-refractivity contribution is 14.0. The molecule has 0 radical (unpaired) electrons. The summed E-state index contributed by atoms with van der Waals surface area (Å²) in [5, 5.41) is 7.22. The van der Waals surface area contributed by atoms with E-state index in [-0.39, 0.29) is 29.7 Å². The molecule has 1 aromatic rings. The molecule has 7 nitrogen and oxygen atoms in total. The summed E-state index contributed by atoms with van der Waals surface area (Å²) in [6.07, 6.45) is 3.74. The van der Waals surface area contributed by atoms with Gasteiger partial charge in [0.05, 0.1) is 16.7 Å². The number of nitrogens with one attached hydrogen (secondary N) is 1. The molecule has 1 N–H and O–H groups in total. The number of rotatable bonds is 5. The molecule has 0 bridgehead atoms. The predicted molar refractivity (Wildman–Crippen MR) is 105 cm³/mol. The van der Waals surface area contributed by atoms with Crippen LogP contribution in [0.2, 0.25) is 0 Å². The van der Waals surface area contributed by atoms with E-state index < -0.39 is 14.6 Å². The first kappa shape index (κ1) is 22.2. The van der Waals surface area contributed by atoms with E-state index in [0.717, 1.165) is 5.56 Å². The number of hydrogen-bond acceptors (Lipinski definition) is 4. The molecule has 0 aromatic carbocycles. The molecule has 1 aromatic heterocycles. The van der Waals surface area contributed by atoms with Gasteiger partial charge in [0.15, 0.2) is 15.8 Å². The minimum atomic E-state index is -3.13. The highest BCUT2D eigenvalue weighted by Gasteiger charge is 2.28. The van der Waals surface area contributed by atoms with Crippen LogP contribution in [0.1, 0.15) is 26.3 Å². The van der Waals surface area contributed by atoms with Crippen LogP contribution in [-0.4, -0.2) is 60.2 Å². The Hall–Kier alpha value is -0.840. The lowest BCUT2D eigenvalue weighted by molar-refractivity contribution is 0.478. The quantitative estimate of drug-likeness (QED) is 0.409. The van der Waals surface area contributed by atoms with E-state index in [9.17, 15) is 8.42 Å². The van der Waals surface area contributed by atoms with Crippen molar-refractivity contribution >= 4 is 39.8 Å². The predicted octanol–water partition coefficient (Wildman–Crippen LogP) is 1.26. The van der Waals surface area contributed by atoms with Gasteiger partial charge in [-0.05, 0) is 20.8 Å². The van der Waals surface area contributed by atoms with Crippen molar-refractivity contribution in [3.63, 3.8) is 0 Å². The van der Waals surface area contributed by atoms with Gasteiger partial charge in [-0.3, -0.25) is 9.67 Å². The van der Waals surface area contributed by atoms with Crippen molar-refractivity contribution in [2.75, 3.05) is 26.4 Å². The van der Waals surface area contributed by atoms with Gasteiger partial charge in [-0.1, -0.05) is 0 Å². The molecule has 0 aliphatic rings. The van der Waals surface area contributed by atoms with Crippen LogP contribution in [0, 0.1) is 0 Å². The van der Waals surface area contributed by atoms with Gasteiger partial charge in [0.2, 0.25) is 0 Å². The second kappa shape index (κ2) is 8.86. The van der Waals surface area contributed by atoms with Crippen molar-refractivity contribution in [1.29, 1.82) is 0 Å². The lowest BCUT2D eigenvalue weighted by Gasteiger charge is -2.23. The smallest absolute Gasteiger partial charge is 0.193 e. The first-order valence-electron chi connectivity index (χ1n) is 7.18. The number of aromatic nitrogens is 2. The molecule has 23 heavy (non-hydrogen) atoms. The van der Waals surface area contributed by atoms with Crippen molar-refractivity contribution in [2.45, 2.75) is 32.1 Å². The third kappa shape index (κ3) is 6.66. The van der Waals surface area contributed by atoms with E-state index in [1.54, 1.807) is 38.7 Å².